The molecule has 0 radical (unpaired) electrons. The van der Waals surface area contributed by atoms with E-state index >= 15 is 0 Å². The molecular weight excluding hydrogens is 516 g/mol. The Morgan fingerprint density at radius 3 is 2.51 bits per heavy atom. The molecule has 9 nitrogen and oxygen atoms in total. The zero-order valence-electron chi connectivity index (χ0n) is 23.8. The summed E-state index contributed by atoms with van der Waals surface area (Å²) in [5.41, 5.74) is 4.36. The number of anilines is 3. The maximum atomic E-state index is 13.1. The fourth-order valence-corrected chi connectivity index (χ4v) is 5.25. The number of carbonyl (C=O) groups excluding carboxylic acids is 2. The first kappa shape index (κ1) is 28.7. The molecule has 3 heterocycles. The van der Waals surface area contributed by atoms with Gasteiger partial charge in [-0.2, -0.15) is 0 Å². The summed E-state index contributed by atoms with van der Waals surface area (Å²) >= 11 is 0. The van der Waals surface area contributed by atoms with E-state index in [1.54, 1.807) is 24.4 Å². The average molecular weight is 557 g/mol. The summed E-state index contributed by atoms with van der Waals surface area (Å²) in [4.78, 5) is 35.2. The fraction of sp³-hybridized carbons (Fsp3) is 0.406. The van der Waals surface area contributed by atoms with Crippen molar-refractivity contribution in [3.8, 4) is 0 Å². The van der Waals surface area contributed by atoms with Crippen LogP contribution in [0.5, 0.6) is 0 Å². The zero-order chi connectivity index (χ0) is 28.4. The number of pyridine rings is 1. The van der Waals surface area contributed by atoms with E-state index in [-0.39, 0.29) is 11.8 Å². The van der Waals surface area contributed by atoms with Crippen LogP contribution in [-0.4, -0.2) is 74.2 Å². The van der Waals surface area contributed by atoms with Crippen LogP contribution in [-0.2, 0) is 11.3 Å². The fourth-order valence-electron chi connectivity index (χ4n) is 5.25. The lowest BCUT2D eigenvalue weighted by atomic mass is 10.1. The van der Waals surface area contributed by atoms with Crippen LogP contribution < -0.4 is 20.9 Å². The van der Waals surface area contributed by atoms with Crippen LogP contribution in [0.4, 0.5) is 17.2 Å². The molecule has 1 aromatic heterocycles. The van der Waals surface area contributed by atoms with E-state index in [0.29, 0.717) is 35.7 Å². The van der Waals surface area contributed by atoms with Crippen molar-refractivity contribution < 1.29 is 14.3 Å². The third kappa shape index (κ3) is 8.13. The van der Waals surface area contributed by atoms with Crippen LogP contribution in [0.2, 0.25) is 0 Å². The lowest BCUT2D eigenvalue weighted by Crippen LogP contribution is -2.36. The number of aryl methyl sites for hydroxylation is 1. The first-order chi connectivity index (χ1) is 20.0. The van der Waals surface area contributed by atoms with Gasteiger partial charge in [0.05, 0.1) is 13.2 Å². The molecule has 3 N–H and O–H groups in total. The highest BCUT2D eigenvalue weighted by molar-refractivity contribution is 6.07. The van der Waals surface area contributed by atoms with E-state index < -0.39 is 0 Å². The van der Waals surface area contributed by atoms with Gasteiger partial charge < -0.3 is 30.5 Å². The molecule has 2 saturated heterocycles. The van der Waals surface area contributed by atoms with Crippen molar-refractivity contribution in [2.75, 3.05) is 68.0 Å². The molecule has 2 aromatic carbocycles. The van der Waals surface area contributed by atoms with Gasteiger partial charge in [0.2, 0.25) is 0 Å². The normalized spacial score (nSPS) is 15.6. The number of carbonyl (C=O) groups is 2. The Hall–Kier alpha value is -3.79. The predicted octanol–water partition coefficient (Wildman–Crippen LogP) is 4.31. The number of hydrogen-bond donors (Lipinski definition) is 3. The second-order valence-electron chi connectivity index (χ2n) is 10.7. The van der Waals surface area contributed by atoms with Crippen LogP contribution in [0.3, 0.4) is 0 Å². The largest absolute Gasteiger partial charge is 0.378 e. The third-order valence-corrected chi connectivity index (χ3v) is 7.63. The van der Waals surface area contributed by atoms with E-state index in [0.717, 1.165) is 56.1 Å². The van der Waals surface area contributed by atoms with Crippen LogP contribution in [0.25, 0.3) is 0 Å². The highest BCUT2D eigenvalue weighted by Crippen LogP contribution is 2.23. The molecule has 41 heavy (non-hydrogen) atoms. The number of nitrogens with one attached hydrogen (secondary N) is 3. The summed E-state index contributed by atoms with van der Waals surface area (Å²) in [6, 6.07) is 16.7. The van der Waals surface area contributed by atoms with Gasteiger partial charge in [0.15, 0.2) is 0 Å². The summed E-state index contributed by atoms with van der Waals surface area (Å²) in [5.74, 6) is 0.345. The van der Waals surface area contributed by atoms with E-state index in [2.05, 4.69) is 30.7 Å². The first-order valence-corrected chi connectivity index (χ1v) is 14.6. The van der Waals surface area contributed by atoms with Crippen LogP contribution >= 0.6 is 0 Å². The minimum Gasteiger partial charge on any atom is -0.378 e. The Bertz CT molecular complexity index is 1330. The quantitative estimate of drug-likeness (QED) is 0.303. The Morgan fingerprint density at radius 2 is 1.68 bits per heavy atom. The van der Waals surface area contributed by atoms with E-state index in [9.17, 15) is 9.59 Å². The maximum Gasteiger partial charge on any atom is 0.255 e. The zero-order valence-corrected chi connectivity index (χ0v) is 23.8. The van der Waals surface area contributed by atoms with Crippen molar-refractivity contribution in [3.63, 3.8) is 0 Å². The molecule has 9 heteroatoms. The Morgan fingerprint density at radius 1 is 0.902 bits per heavy atom. The molecule has 0 bridgehead atoms. The van der Waals surface area contributed by atoms with Crippen molar-refractivity contribution in [3.05, 3.63) is 83.0 Å². The van der Waals surface area contributed by atoms with Crippen molar-refractivity contribution in [1.82, 2.24) is 15.2 Å². The van der Waals surface area contributed by atoms with Crippen LogP contribution in [0.1, 0.15) is 51.1 Å². The molecule has 0 aliphatic carbocycles. The Labute approximate surface area is 242 Å². The van der Waals surface area contributed by atoms with Crippen molar-refractivity contribution in [1.29, 1.82) is 0 Å². The van der Waals surface area contributed by atoms with Gasteiger partial charge in [-0.1, -0.05) is 18.2 Å². The van der Waals surface area contributed by atoms with Gasteiger partial charge in [-0.05, 0) is 99.9 Å². The van der Waals surface area contributed by atoms with Gasteiger partial charge in [-0.15, -0.1) is 0 Å². The number of aromatic nitrogens is 1. The van der Waals surface area contributed by atoms with Gasteiger partial charge in [0.25, 0.3) is 11.8 Å². The smallest absolute Gasteiger partial charge is 0.255 e. The summed E-state index contributed by atoms with van der Waals surface area (Å²) in [6.07, 6.45) is 5.42. The number of morpholine rings is 1. The molecule has 0 saturated carbocycles. The van der Waals surface area contributed by atoms with Crippen LogP contribution in [0.15, 0.2) is 60.8 Å². The molecule has 5 rings (SSSR count). The Balaban J connectivity index is 1.16. The number of rotatable bonds is 11. The topological polar surface area (TPSA) is 98.8 Å². The highest BCUT2D eigenvalue weighted by Gasteiger charge is 2.16. The van der Waals surface area contributed by atoms with Gasteiger partial charge in [-0.25, -0.2) is 4.98 Å². The van der Waals surface area contributed by atoms with E-state index in [1.807, 2.05) is 43.3 Å². The molecule has 3 aromatic rings. The predicted molar refractivity (Wildman–Crippen MR) is 163 cm³/mol. The highest BCUT2D eigenvalue weighted by atomic mass is 16.5. The minimum atomic E-state index is -0.233. The number of likely N-dealkylation sites (tertiary alicyclic amines) is 1. The van der Waals surface area contributed by atoms with Gasteiger partial charge in [-0.3, -0.25) is 9.59 Å². The molecule has 216 valence electrons. The first-order valence-electron chi connectivity index (χ1n) is 14.6. The second-order valence-corrected chi connectivity index (χ2v) is 10.7. The lowest BCUT2D eigenvalue weighted by Gasteiger charge is -2.27. The molecule has 2 aliphatic rings. The Kier molecular flexibility index (Phi) is 9.96. The second kappa shape index (κ2) is 14.2. The number of hydrogen-bond acceptors (Lipinski definition) is 7. The summed E-state index contributed by atoms with van der Waals surface area (Å²) in [5, 5.41) is 9.48. The number of ether oxygens (including phenoxy) is 1. The standard InChI is InChI=1S/C32H40N6O3/c1-24-8-9-28(35-31(39)27-10-12-34-30(21-27)38-16-18-41-19-17-38)22-29(24)36-32(40)26-7-4-6-25(20-26)23-33-11-5-15-37-13-2-3-14-37/h4,6-10,12,20-22,33H,2-3,5,11,13-19,23H2,1H3,(H,35,39)(H,36,40). The van der Waals surface area contributed by atoms with Gasteiger partial charge in [0.1, 0.15) is 5.82 Å². The van der Waals surface area contributed by atoms with Gasteiger partial charge >= 0.3 is 0 Å². The number of amides is 2. The molecule has 2 fully saturated rings. The molecule has 0 atom stereocenters. The van der Waals surface area contributed by atoms with E-state index in [1.165, 1.54) is 25.9 Å². The molecule has 2 aliphatic heterocycles. The lowest BCUT2D eigenvalue weighted by molar-refractivity contribution is 0.101. The monoisotopic (exact) mass is 556 g/mol. The van der Waals surface area contributed by atoms with Crippen molar-refractivity contribution in [2.24, 2.45) is 0 Å². The summed E-state index contributed by atoms with van der Waals surface area (Å²) in [6.45, 7) is 10.0. The molecular formula is C32H40N6O3. The molecule has 2 amide bonds. The SMILES string of the molecule is Cc1ccc(NC(=O)c2ccnc(N3CCOCC3)c2)cc1NC(=O)c1cccc(CNCCCN2CCCC2)c1. The molecule has 0 spiro atoms. The number of nitrogens with zero attached hydrogens (tertiary/aromatic N) is 3. The summed E-state index contributed by atoms with van der Waals surface area (Å²) < 4.78 is 5.42. The summed E-state index contributed by atoms with van der Waals surface area (Å²) in [7, 11) is 0. The molecule has 0 unspecified atom stereocenters. The van der Waals surface area contributed by atoms with E-state index in [4.69, 9.17) is 4.74 Å². The maximum absolute atomic E-state index is 13.1. The average Bonchev–Trinajstić information content (AvgIpc) is 3.53. The van der Waals surface area contributed by atoms with Crippen LogP contribution in [0, 0.1) is 6.92 Å². The van der Waals surface area contributed by atoms with Crippen molar-refractivity contribution >= 4 is 29.0 Å². The minimum absolute atomic E-state index is 0.184. The number of benzene rings is 2. The third-order valence-electron chi connectivity index (χ3n) is 7.63. The van der Waals surface area contributed by atoms with Crippen molar-refractivity contribution in [2.45, 2.75) is 32.7 Å². The van der Waals surface area contributed by atoms with Gasteiger partial charge in [0, 0.05) is 48.3 Å².